The smallest absolute Gasteiger partial charge is 0.204 e. The van der Waals surface area contributed by atoms with Gasteiger partial charge in [0.2, 0.25) is 5.12 Å². The number of rotatable bonds is 3. The highest BCUT2D eigenvalue weighted by molar-refractivity contribution is 8.11. The van der Waals surface area contributed by atoms with Gasteiger partial charge < -0.3 is 0 Å². The Balaban J connectivity index is 1.36. The summed E-state index contributed by atoms with van der Waals surface area (Å²) in [4.78, 5) is 12.6. The highest BCUT2D eigenvalue weighted by Crippen LogP contribution is 2.61. The van der Waals surface area contributed by atoms with E-state index in [9.17, 15) is 4.79 Å². The van der Waals surface area contributed by atoms with Crippen molar-refractivity contribution in [3.63, 3.8) is 0 Å². The van der Waals surface area contributed by atoms with Crippen LogP contribution in [-0.2, 0) is 4.79 Å². The topological polar surface area (TPSA) is 20.3 Å². The largest absolute Gasteiger partial charge is 0.286 e. The second-order valence-corrected chi connectivity index (χ2v) is 9.85. The van der Waals surface area contributed by atoms with Crippen molar-refractivity contribution in [1.82, 2.24) is 4.31 Å². The molecule has 0 N–H and O–H groups in total. The normalized spacial score (nSPS) is 46.0. The van der Waals surface area contributed by atoms with E-state index in [0.29, 0.717) is 10.5 Å². The van der Waals surface area contributed by atoms with Crippen LogP contribution in [-0.4, -0.2) is 22.5 Å². The number of nitrogens with zero attached hydrogens (tertiary/aromatic N) is 1. The molecule has 0 aromatic heterocycles. The zero-order valence-electron chi connectivity index (χ0n) is 13.4. The molecule has 2 nitrogen and oxygen atoms in total. The van der Waals surface area contributed by atoms with Gasteiger partial charge in [-0.15, -0.1) is 0 Å². The third-order valence-electron chi connectivity index (χ3n) is 6.54. The molecule has 0 radical (unpaired) electrons. The van der Waals surface area contributed by atoms with E-state index >= 15 is 0 Å². The zero-order valence-corrected chi connectivity index (χ0v) is 14.2. The van der Waals surface area contributed by atoms with Crippen LogP contribution in [0, 0.1) is 29.1 Å². The molecule has 118 valence electrons. The summed E-state index contributed by atoms with van der Waals surface area (Å²) in [7, 11) is 0. The minimum absolute atomic E-state index is 0.417. The predicted molar refractivity (Wildman–Crippen MR) is 87.8 cm³/mol. The lowest BCUT2D eigenvalue weighted by molar-refractivity contribution is -0.119. The first-order chi connectivity index (χ1) is 10.1. The second-order valence-electron chi connectivity index (χ2n) is 8.69. The Morgan fingerprint density at radius 2 is 1.76 bits per heavy atom. The lowest BCUT2D eigenvalue weighted by Gasteiger charge is -2.56. The molecule has 21 heavy (non-hydrogen) atoms. The molecule has 4 aliphatic carbocycles. The van der Waals surface area contributed by atoms with Crippen molar-refractivity contribution in [2.24, 2.45) is 29.1 Å². The fraction of sp³-hybridized carbons (Fsp3) is 0.944. The number of hydrogen-bond donors (Lipinski definition) is 0. The van der Waals surface area contributed by atoms with Crippen molar-refractivity contribution in [2.45, 2.75) is 64.7 Å². The Morgan fingerprint density at radius 1 is 1.14 bits per heavy atom. The number of hydrogen-bond acceptors (Lipinski definition) is 3. The maximum absolute atomic E-state index is 12.6. The second kappa shape index (κ2) is 5.56. The molecular formula is C18H29NOS. The van der Waals surface area contributed by atoms with Gasteiger partial charge in [0, 0.05) is 19.5 Å². The maximum atomic E-state index is 12.6. The van der Waals surface area contributed by atoms with Crippen molar-refractivity contribution in [2.75, 3.05) is 13.1 Å². The first kappa shape index (κ1) is 14.6. The van der Waals surface area contributed by atoms with E-state index in [1.807, 2.05) is 0 Å². The summed E-state index contributed by atoms with van der Waals surface area (Å²) in [6.45, 7) is 4.54. The van der Waals surface area contributed by atoms with Gasteiger partial charge in [0.05, 0.1) is 0 Å². The van der Waals surface area contributed by atoms with Gasteiger partial charge in [0.1, 0.15) is 0 Å². The summed E-state index contributed by atoms with van der Waals surface area (Å²) in [6.07, 6.45) is 12.0. The standard InChI is InChI=1S/C18H29NOS/c1-13-3-2-4-19(12-13)21-17(20)11-18-8-14-5-15(9-18)7-16(6-14)10-18/h13-16H,2-12H2,1H3. The Labute approximate surface area is 133 Å². The van der Waals surface area contributed by atoms with Crippen molar-refractivity contribution in [3.8, 4) is 0 Å². The van der Waals surface area contributed by atoms with Crippen LogP contribution in [0.3, 0.4) is 0 Å². The van der Waals surface area contributed by atoms with Crippen molar-refractivity contribution in [1.29, 1.82) is 0 Å². The molecule has 5 fully saturated rings. The highest BCUT2D eigenvalue weighted by atomic mass is 32.2. The van der Waals surface area contributed by atoms with Gasteiger partial charge >= 0.3 is 0 Å². The van der Waals surface area contributed by atoms with Crippen LogP contribution in [0.4, 0.5) is 0 Å². The van der Waals surface area contributed by atoms with Crippen molar-refractivity contribution < 1.29 is 4.79 Å². The molecule has 4 bridgehead atoms. The van der Waals surface area contributed by atoms with Crippen LogP contribution in [0.2, 0.25) is 0 Å². The third kappa shape index (κ3) is 3.06. The van der Waals surface area contributed by atoms with E-state index in [2.05, 4.69) is 11.2 Å². The highest BCUT2D eigenvalue weighted by Gasteiger charge is 2.51. The monoisotopic (exact) mass is 307 g/mol. The number of piperidine rings is 1. The molecule has 4 saturated carbocycles. The molecule has 1 heterocycles. The van der Waals surface area contributed by atoms with Gasteiger partial charge in [-0.1, -0.05) is 6.92 Å². The first-order valence-corrected chi connectivity index (χ1v) is 9.83. The van der Waals surface area contributed by atoms with E-state index in [1.54, 1.807) is 11.9 Å². The molecule has 1 atom stereocenters. The van der Waals surface area contributed by atoms with Gasteiger partial charge in [-0.05, 0) is 92.4 Å². The van der Waals surface area contributed by atoms with E-state index in [0.717, 1.165) is 43.2 Å². The Morgan fingerprint density at radius 3 is 2.33 bits per heavy atom. The molecule has 0 spiro atoms. The summed E-state index contributed by atoms with van der Waals surface area (Å²) in [5.74, 6) is 3.65. The van der Waals surface area contributed by atoms with Gasteiger partial charge in [-0.3, -0.25) is 4.79 Å². The molecule has 5 aliphatic rings. The minimum Gasteiger partial charge on any atom is -0.286 e. The van der Waals surface area contributed by atoms with E-state index in [1.165, 1.54) is 51.4 Å². The molecule has 0 amide bonds. The van der Waals surface area contributed by atoms with Gasteiger partial charge in [0.15, 0.2) is 0 Å². The lowest BCUT2D eigenvalue weighted by atomic mass is 9.49. The molecule has 5 rings (SSSR count). The van der Waals surface area contributed by atoms with Gasteiger partial charge in [-0.2, -0.15) is 0 Å². The molecule has 1 aliphatic heterocycles. The quantitative estimate of drug-likeness (QED) is 0.716. The maximum Gasteiger partial charge on any atom is 0.204 e. The van der Waals surface area contributed by atoms with Crippen LogP contribution in [0.1, 0.15) is 64.7 Å². The molecular weight excluding hydrogens is 278 g/mol. The summed E-state index contributed by atoms with van der Waals surface area (Å²) in [5, 5.41) is 0.464. The number of carbonyl (C=O) groups excluding carboxylic acids is 1. The molecule has 0 aromatic rings. The fourth-order valence-electron chi connectivity index (χ4n) is 6.22. The van der Waals surface area contributed by atoms with E-state index < -0.39 is 0 Å². The SMILES string of the molecule is CC1CCCN(SC(=O)CC23CC4CC(CC(C4)C2)C3)C1. The summed E-state index contributed by atoms with van der Waals surface area (Å²) in [6, 6.07) is 0. The molecule has 1 unspecified atom stereocenters. The van der Waals surface area contributed by atoms with E-state index in [4.69, 9.17) is 0 Å². The van der Waals surface area contributed by atoms with Crippen molar-refractivity contribution in [3.05, 3.63) is 0 Å². The zero-order chi connectivity index (χ0) is 14.4. The van der Waals surface area contributed by atoms with Crippen LogP contribution < -0.4 is 0 Å². The van der Waals surface area contributed by atoms with E-state index in [-0.39, 0.29) is 0 Å². The van der Waals surface area contributed by atoms with Crippen LogP contribution in [0.25, 0.3) is 0 Å². The Hall–Kier alpha value is -0.0200. The lowest BCUT2D eigenvalue weighted by Crippen LogP contribution is -2.46. The Kier molecular flexibility index (Phi) is 3.86. The summed E-state index contributed by atoms with van der Waals surface area (Å²) in [5.41, 5.74) is 0.417. The fourth-order valence-corrected chi connectivity index (χ4v) is 7.43. The summed E-state index contributed by atoms with van der Waals surface area (Å²) < 4.78 is 2.34. The number of carbonyl (C=O) groups is 1. The van der Waals surface area contributed by atoms with Crippen LogP contribution in [0.5, 0.6) is 0 Å². The first-order valence-electron chi connectivity index (χ1n) is 9.06. The minimum atomic E-state index is 0.417. The summed E-state index contributed by atoms with van der Waals surface area (Å²) >= 11 is 1.57. The van der Waals surface area contributed by atoms with Gasteiger partial charge in [0.25, 0.3) is 0 Å². The molecule has 0 aromatic carbocycles. The van der Waals surface area contributed by atoms with Gasteiger partial charge in [-0.25, -0.2) is 4.31 Å². The molecule has 1 saturated heterocycles. The van der Waals surface area contributed by atoms with Crippen LogP contribution in [0.15, 0.2) is 0 Å². The Bertz CT molecular complexity index is 386. The predicted octanol–water partition coefficient (Wildman–Crippen LogP) is 4.50. The van der Waals surface area contributed by atoms with Crippen LogP contribution >= 0.6 is 11.9 Å². The van der Waals surface area contributed by atoms with Crippen molar-refractivity contribution >= 4 is 17.1 Å². The average molecular weight is 308 g/mol. The average Bonchev–Trinajstić information content (AvgIpc) is 2.35. The molecule has 3 heteroatoms. The third-order valence-corrected chi connectivity index (χ3v) is 7.47.